The normalized spacial score (nSPS) is 20.1. The lowest BCUT2D eigenvalue weighted by atomic mass is 10.00. The number of aromatic nitrogens is 1. The minimum atomic E-state index is 0.327. The molecular formula is C14H22N2OS. The van der Waals surface area contributed by atoms with Gasteiger partial charge in [0.15, 0.2) is 0 Å². The SMILES string of the molecule is Cc1nc(CCCC(=O)N2CCCC(C)C2)cs1. The lowest BCUT2D eigenvalue weighted by molar-refractivity contribution is -0.132. The van der Waals surface area contributed by atoms with Crippen molar-refractivity contribution in [1.29, 1.82) is 0 Å². The zero-order valence-electron chi connectivity index (χ0n) is 11.3. The molecule has 2 rings (SSSR count). The molecule has 1 amide bonds. The fourth-order valence-corrected chi connectivity index (χ4v) is 3.16. The van der Waals surface area contributed by atoms with Gasteiger partial charge in [-0.1, -0.05) is 6.92 Å². The molecule has 1 aliphatic heterocycles. The molecule has 0 N–H and O–H groups in total. The Balaban J connectivity index is 1.71. The summed E-state index contributed by atoms with van der Waals surface area (Å²) in [7, 11) is 0. The third-order valence-corrected chi connectivity index (χ3v) is 4.32. The van der Waals surface area contributed by atoms with Gasteiger partial charge in [0.1, 0.15) is 0 Å². The van der Waals surface area contributed by atoms with Crippen molar-refractivity contribution in [3.05, 3.63) is 16.1 Å². The van der Waals surface area contributed by atoms with Crippen LogP contribution in [0.1, 0.15) is 43.3 Å². The first kappa shape index (κ1) is 13.5. The van der Waals surface area contributed by atoms with Gasteiger partial charge in [-0.3, -0.25) is 4.79 Å². The molecule has 0 aromatic carbocycles. The number of rotatable bonds is 4. The predicted molar refractivity (Wildman–Crippen MR) is 74.8 cm³/mol. The van der Waals surface area contributed by atoms with E-state index in [1.165, 1.54) is 6.42 Å². The molecule has 4 heteroatoms. The molecule has 0 spiro atoms. The molecule has 1 aromatic rings. The number of carbonyl (C=O) groups is 1. The number of likely N-dealkylation sites (tertiary alicyclic amines) is 1. The average molecular weight is 266 g/mol. The van der Waals surface area contributed by atoms with Gasteiger partial charge in [0.2, 0.25) is 5.91 Å². The van der Waals surface area contributed by atoms with E-state index in [4.69, 9.17) is 0 Å². The minimum Gasteiger partial charge on any atom is -0.342 e. The second-order valence-corrected chi connectivity index (χ2v) is 6.36. The Bertz CT molecular complexity index is 402. The van der Waals surface area contributed by atoms with Crippen molar-refractivity contribution in [2.45, 2.75) is 46.0 Å². The van der Waals surface area contributed by atoms with Crippen LogP contribution < -0.4 is 0 Å². The van der Waals surface area contributed by atoms with Gasteiger partial charge in [-0.2, -0.15) is 0 Å². The van der Waals surface area contributed by atoms with E-state index in [1.807, 2.05) is 11.8 Å². The summed E-state index contributed by atoms with van der Waals surface area (Å²) in [6.07, 6.45) is 4.95. The van der Waals surface area contributed by atoms with E-state index in [9.17, 15) is 4.79 Å². The number of piperidine rings is 1. The van der Waals surface area contributed by atoms with Gasteiger partial charge in [0.05, 0.1) is 10.7 Å². The van der Waals surface area contributed by atoms with Gasteiger partial charge in [0, 0.05) is 24.9 Å². The van der Waals surface area contributed by atoms with E-state index < -0.39 is 0 Å². The number of nitrogens with zero attached hydrogens (tertiary/aromatic N) is 2. The quantitative estimate of drug-likeness (QED) is 0.839. The summed E-state index contributed by atoms with van der Waals surface area (Å²) >= 11 is 1.69. The first-order valence-electron chi connectivity index (χ1n) is 6.84. The van der Waals surface area contributed by atoms with Gasteiger partial charge in [-0.25, -0.2) is 4.98 Å². The molecule has 0 aliphatic carbocycles. The summed E-state index contributed by atoms with van der Waals surface area (Å²) in [6, 6.07) is 0. The molecule has 100 valence electrons. The van der Waals surface area contributed by atoms with Crippen LogP contribution in [0.5, 0.6) is 0 Å². The van der Waals surface area contributed by atoms with Crippen molar-refractivity contribution in [2.24, 2.45) is 5.92 Å². The molecular weight excluding hydrogens is 244 g/mol. The lowest BCUT2D eigenvalue weighted by Crippen LogP contribution is -2.39. The van der Waals surface area contributed by atoms with Crippen molar-refractivity contribution < 1.29 is 4.79 Å². The second-order valence-electron chi connectivity index (χ2n) is 5.30. The third-order valence-electron chi connectivity index (χ3n) is 3.50. The Morgan fingerprint density at radius 1 is 1.61 bits per heavy atom. The monoisotopic (exact) mass is 266 g/mol. The van der Waals surface area contributed by atoms with Gasteiger partial charge < -0.3 is 4.90 Å². The summed E-state index contributed by atoms with van der Waals surface area (Å²) < 4.78 is 0. The Labute approximate surface area is 113 Å². The summed E-state index contributed by atoms with van der Waals surface area (Å²) in [6.45, 7) is 6.17. The summed E-state index contributed by atoms with van der Waals surface area (Å²) in [5.74, 6) is 0.998. The highest BCUT2D eigenvalue weighted by molar-refractivity contribution is 7.09. The number of aryl methyl sites for hydroxylation is 2. The van der Waals surface area contributed by atoms with Crippen LogP contribution in [0.2, 0.25) is 0 Å². The maximum absolute atomic E-state index is 12.0. The molecule has 2 heterocycles. The van der Waals surface area contributed by atoms with E-state index in [1.54, 1.807) is 11.3 Å². The van der Waals surface area contributed by atoms with E-state index in [2.05, 4.69) is 17.3 Å². The van der Waals surface area contributed by atoms with Gasteiger partial charge in [-0.05, 0) is 38.5 Å². The molecule has 1 fully saturated rings. The van der Waals surface area contributed by atoms with Gasteiger partial charge >= 0.3 is 0 Å². The topological polar surface area (TPSA) is 33.2 Å². The Hall–Kier alpha value is -0.900. The van der Waals surface area contributed by atoms with Crippen LogP contribution in [0.15, 0.2) is 5.38 Å². The summed E-state index contributed by atoms with van der Waals surface area (Å²) in [5.41, 5.74) is 1.14. The maximum Gasteiger partial charge on any atom is 0.222 e. The van der Waals surface area contributed by atoms with Crippen LogP contribution in [0.25, 0.3) is 0 Å². The highest BCUT2D eigenvalue weighted by Gasteiger charge is 2.20. The van der Waals surface area contributed by atoms with Crippen molar-refractivity contribution in [3.63, 3.8) is 0 Å². The Morgan fingerprint density at radius 2 is 2.44 bits per heavy atom. The number of thiazole rings is 1. The summed E-state index contributed by atoms with van der Waals surface area (Å²) in [4.78, 5) is 18.5. The van der Waals surface area contributed by atoms with Crippen LogP contribution in [0, 0.1) is 12.8 Å². The molecule has 1 saturated heterocycles. The predicted octanol–water partition coefficient (Wildman–Crippen LogP) is 3.03. The average Bonchev–Trinajstić information content (AvgIpc) is 2.75. The van der Waals surface area contributed by atoms with Crippen LogP contribution >= 0.6 is 11.3 Å². The molecule has 0 bridgehead atoms. The number of carbonyl (C=O) groups excluding carboxylic acids is 1. The molecule has 3 nitrogen and oxygen atoms in total. The smallest absolute Gasteiger partial charge is 0.222 e. The molecule has 1 aliphatic rings. The van der Waals surface area contributed by atoms with Gasteiger partial charge in [-0.15, -0.1) is 11.3 Å². The zero-order chi connectivity index (χ0) is 13.0. The van der Waals surface area contributed by atoms with Crippen molar-refractivity contribution in [2.75, 3.05) is 13.1 Å². The van der Waals surface area contributed by atoms with Crippen LogP contribution in [0.4, 0.5) is 0 Å². The fraction of sp³-hybridized carbons (Fsp3) is 0.714. The molecule has 1 unspecified atom stereocenters. The number of amides is 1. The number of hydrogen-bond acceptors (Lipinski definition) is 3. The third kappa shape index (κ3) is 3.80. The fourth-order valence-electron chi connectivity index (χ4n) is 2.52. The van der Waals surface area contributed by atoms with Crippen LogP contribution in [-0.2, 0) is 11.2 Å². The maximum atomic E-state index is 12.0. The standard InChI is InChI=1S/C14H22N2OS/c1-11-5-4-8-16(9-11)14(17)7-3-6-13-10-18-12(2)15-13/h10-11H,3-9H2,1-2H3. The van der Waals surface area contributed by atoms with E-state index >= 15 is 0 Å². The number of hydrogen-bond donors (Lipinski definition) is 0. The molecule has 0 saturated carbocycles. The molecule has 1 aromatic heterocycles. The van der Waals surface area contributed by atoms with Crippen molar-refractivity contribution in [3.8, 4) is 0 Å². The largest absolute Gasteiger partial charge is 0.342 e. The Kier molecular flexibility index (Phi) is 4.75. The second kappa shape index (κ2) is 6.32. The lowest BCUT2D eigenvalue weighted by Gasteiger charge is -2.31. The Morgan fingerprint density at radius 3 is 3.11 bits per heavy atom. The van der Waals surface area contributed by atoms with Crippen molar-refractivity contribution >= 4 is 17.2 Å². The van der Waals surface area contributed by atoms with E-state index in [0.29, 0.717) is 18.2 Å². The van der Waals surface area contributed by atoms with E-state index in [0.717, 1.165) is 43.1 Å². The molecule has 1 atom stereocenters. The van der Waals surface area contributed by atoms with Crippen LogP contribution in [-0.4, -0.2) is 28.9 Å². The highest BCUT2D eigenvalue weighted by atomic mass is 32.1. The van der Waals surface area contributed by atoms with Gasteiger partial charge in [0.25, 0.3) is 0 Å². The van der Waals surface area contributed by atoms with Crippen molar-refractivity contribution in [1.82, 2.24) is 9.88 Å². The zero-order valence-corrected chi connectivity index (χ0v) is 12.1. The molecule has 18 heavy (non-hydrogen) atoms. The first-order valence-corrected chi connectivity index (χ1v) is 7.72. The van der Waals surface area contributed by atoms with E-state index in [-0.39, 0.29) is 0 Å². The minimum absolute atomic E-state index is 0.327. The first-order chi connectivity index (χ1) is 8.65. The molecule has 0 radical (unpaired) electrons. The highest BCUT2D eigenvalue weighted by Crippen LogP contribution is 2.17. The summed E-state index contributed by atoms with van der Waals surface area (Å²) in [5, 5.41) is 3.21. The van der Waals surface area contributed by atoms with Crippen LogP contribution in [0.3, 0.4) is 0 Å².